The minimum atomic E-state index is -3.53. The Balaban J connectivity index is 1.69. The van der Waals surface area contributed by atoms with Gasteiger partial charge in [-0.3, -0.25) is 4.79 Å². The number of piperidine rings is 2. The zero-order valence-electron chi connectivity index (χ0n) is 14.7. The van der Waals surface area contributed by atoms with Crippen LogP contribution in [0.4, 0.5) is 0 Å². The minimum absolute atomic E-state index is 0.0832. The molecule has 0 bridgehead atoms. The Bertz CT molecular complexity index is 687. The fraction of sp³-hybridized carbons (Fsp3) is 0.611. The van der Waals surface area contributed by atoms with Crippen LogP contribution >= 0.6 is 0 Å². The number of hydrogen-bond acceptors (Lipinski definition) is 4. The van der Waals surface area contributed by atoms with Crippen LogP contribution in [0.25, 0.3) is 0 Å². The van der Waals surface area contributed by atoms with Crippen LogP contribution in [0.5, 0.6) is 0 Å². The van der Waals surface area contributed by atoms with Gasteiger partial charge in [-0.2, -0.15) is 4.31 Å². The molecule has 0 aromatic heterocycles. The van der Waals surface area contributed by atoms with Crippen LogP contribution in [0.15, 0.2) is 35.2 Å². The molecule has 2 aliphatic heterocycles. The number of nitrogens with one attached hydrogen (secondary N) is 1. The van der Waals surface area contributed by atoms with Crippen molar-refractivity contribution in [2.24, 2.45) is 5.92 Å². The Labute approximate surface area is 150 Å². The molecule has 0 radical (unpaired) electrons. The summed E-state index contributed by atoms with van der Waals surface area (Å²) in [6, 6.07) is 8.74. The van der Waals surface area contributed by atoms with Crippen LogP contribution in [0.1, 0.15) is 25.7 Å². The normalized spacial score (nSPS) is 23.3. The molecule has 7 heteroatoms. The van der Waals surface area contributed by atoms with Crippen LogP contribution in [0, 0.1) is 5.92 Å². The first-order valence-corrected chi connectivity index (χ1v) is 10.5. The monoisotopic (exact) mass is 365 g/mol. The van der Waals surface area contributed by atoms with Gasteiger partial charge in [0.05, 0.1) is 10.8 Å². The van der Waals surface area contributed by atoms with Gasteiger partial charge in [-0.15, -0.1) is 0 Å². The Morgan fingerprint density at radius 3 is 2.52 bits per heavy atom. The number of hydrogen-bond donors (Lipinski definition) is 1. The lowest BCUT2D eigenvalue weighted by Gasteiger charge is -2.37. The van der Waals surface area contributed by atoms with E-state index in [1.165, 1.54) is 4.31 Å². The van der Waals surface area contributed by atoms with E-state index in [0.717, 1.165) is 38.8 Å². The number of rotatable bonds is 4. The number of sulfonamides is 1. The zero-order chi connectivity index (χ0) is 17.9. The van der Waals surface area contributed by atoms with Crippen LogP contribution < -0.4 is 5.32 Å². The average molecular weight is 365 g/mol. The molecule has 1 aromatic rings. The van der Waals surface area contributed by atoms with E-state index in [9.17, 15) is 13.2 Å². The van der Waals surface area contributed by atoms with Gasteiger partial charge in [0.15, 0.2) is 0 Å². The maximum absolute atomic E-state index is 12.9. The first-order valence-electron chi connectivity index (χ1n) is 9.03. The predicted molar refractivity (Wildman–Crippen MR) is 96.6 cm³/mol. The number of amides is 1. The van der Waals surface area contributed by atoms with Crippen molar-refractivity contribution in [3.63, 3.8) is 0 Å². The van der Waals surface area contributed by atoms with E-state index < -0.39 is 10.0 Å². The van der Waals surface area contributed by atoms with Gasteiger partial charge in [0.2, 0.25) is 15.9 Å². The van der Waals surface area contributed by atoms with Gasteiger partial charge in [0, 0.05) is 26.2 Å². The molecule has 138 valence electrons. The van der Waals surface area contributed by atoms with E-state index in [2.05, 4.69) is 5.32 Å². The molecule has 25 heavy (non-hydrogen) atoms. The third kappa shape index (κ3) is 4.04. The summed E-state index contributed by atoms with van der Waals surface area (Å²) >= 11 is 0. The van der Waals surface area contributed by atoms with E-state index in [4.69, 9.17) is 0 Å². The molecule has 2 fully saturated rings. The SMILES string of the molecule is CN(C(=O)C1CCCN(S(=O)(=O)c2ccccc2)C1)C1CCNCC1. The molecule has 2 heterocycles. The summed E-state index contributed by atoms with van der Waals surface area (Å²) in [5.74, 6) is -0.160. The number of carbonyl (C=O) groups excluding carboxylic acids is 1. The third-order valence-electron chi connectivity index (χ3n) is 5.32. The number of carbonyl (C=O) groups is 1. The summed E-state index contributed by atoms with van der Waals surface area (Å²) in [6.45, 7) is 2.63. The molecule has 1 atom stereocenters. The maximum atomic E-state index is 12.9. The summed E-state index contributed by atoms with van der Waals surface area (Å²) in [7, 11) is -1.66. The largest absolute Gasteiger partial charge is 0.342 e. The topological polar surface area (TPSA) is 69.7 Å². The molecule has 0 spiro atoms. The zero-order valence-corrected chi connectivity index (χ0v) is 15.5. The fourth-order valence-electron chi connectivity index (χ4n) is 3.77. The van der Waals surface area contributed by atoms with Crippen molar-refractivity contribution >= 4 is 15.9 Å². The molecule has 0 saturated carbocycles. The van der Waals surface area contributed by atoms with Gasteiger partial charge in [-0.1, -0.05) is 18.2 Å². The Morgan fingerprint density at radius 2 is 1.84 bits per heavy atom. The first kappa shape index (κ1) is 18.4. The van der Waals surface area contributed by atoms with Crippen molar-refractivity contribution < 1.29 is 13.2 Å². The molecular weight excluding hydrogens is 338 g/mol. The van der Waals surface area contributed by atoms with Gasteiger partial charge in [-0.25, -0.2) is 8.42 Å². The second-order valence-corrected chi connectivity index (χ2v) is 8.88. The highest BCUT2D eigenvalue weighted by Crippen LogP contribution is 2.26. The van der Waals surface area contributed by atoms with Gasteiger partial charge in [-0.05, 0) is 50.9 Å². The second-order valence-electron chi connectivity index (χ2n) is 6.95. The van der Waals surface area contributed by atoms with E-state index in [-0.39, 0.29) is 24.4 Å². The lowest BCUT2D eigenvalue weighted by Crippen LogP contribution is -2.50. The summed E-state index contributed by atoms with van der Waals surface area (Å²) < 4.78 is 27.1. The molecule has 2 saturated heterocycles. The van der Waals surface area contributed by atoms with Crippen molar-refractivity contribution in [3.8, 4) is 0 Å². The van der Waals surface area contributed by atoms with Gasteiger partial charge < -0.3 is 10.2 Å². The maximum Gasteiger partial charge on any atom is 0.243 e. The second kappa shape index (κ2) is 7.85. The van der Waals surface area contributed by atoms with Crippen LogP contribution in [0.2, 0.25) is 0 Å². The molecule has 1 unspecified atom stereocenters. The summed E-state index contributed by atoms with van der Waals surface area (Å²) in [5.41, 5.74) is 0. The molecule has 3 rings (SSSR count). The summed E-state index contributed by atoms with van der Waals surface area (Å²) in [4.78, 5) is 15.0. The lowest BCUT2D eigenvalue weighted by molar-refractivity contribution is -0.138. The Hall–Kier alpha value is -1.44. The van der Waals surface area contributed by atoms with E-state index in [1.807, 2.05) is 11.9 Å². The van der Waals surface area contributed by atoms with Gasteiger partial charge >= 0.3 is 0 Å². The molecule has 0 aliphatic carbocycles. The summed E-state index contributed by atoms with van der Waals surface area (Å²) in [6.07, 6.45) is 3.40. The van der Waals surface area contributed by atoms with Crippen molar-refractivity contribution in [2.45, 2.75) is 36.6 Å². The van der Waals surface area contributed by atoms with E-state index in [0.29, 0.717) is 11.4 Å². The quantitative estimate of drug-likeness (QED) is 0.873. The molecule has 1 aromatic carbocycles. The summed E-state index contributed by atoms with van der Waals surface area (Å²) in [5, 5.41) is 3.31. The predicted octanol–water partition coefficient (Wildman–Crippen LogP) is 1.30. The molecule has 1 N–H and O–H groups in total. The third-order valence-corrected chi connectivity index (χ3v) is 7.20. The highest BCUT2D eigenvalue weighted by Gasteiger charge is 2.35. The molecule has 2 aliphatic rings. The van der Waals surface area contributed by atoms with Crippen molar-refractivity contribution in [1.82, 2.24) is 14.5 Å². The first-order chi connectivity index (χ1) is 12.0. The average Bonchev–Trinajstić information content (AvgIpc) is 2.68. The van der Waals surface area contributed by atoms with Crippen molar-refractivity contribution in [3.05, 3.63) is 30.3 Å². The van der Waals surface area contributed by atoms with Crippen LogP contribution in [-0.4, -0.2) is 62.8 Å². The molecular formula is C18H27N3O3S. The standard InChI is InChI=1S/C18H27N3O3S/c1-20(16-9-11-19-12-10-16)18(22)15-6-5-13-21(14-15)25(23,24)17-7-3-2-4-8-17/h2-4,7-8,15-16,19H,5-6,9-14H2,1H3. The Kier molecular flexibility index (Phi) is 5.76. The highest BCUT2D eigenvalue weighted by molar-refractivity contribution is 7.89. The van der Waals surface area contributed by atoms with E-state index >= 15 is 0 Å². The van der Waals surface area contributed by atoms with Crippen LogP contribution in [0.3, 0.4) is 0 Å². The minimum Gasteiger partial charge on any atom is -0.342 e. The van der Waals surface area contributed by atoms with Gasteiger partial charge in [0.25, 0.3) is 0 Å². The highest BCUT2D eigenvalue weighted by atomic mass is 32.2. The van der Waals surface area contributed by atoms with Crippen LogP contribution in [-0.2, 0) is 14.8 Å². The molecule has 6 nitrogen and oxygen atoms in total. The van der Waals surface area contributed by atoms with E-state index in [1.54, 1.807) is 30.3 Å². The number of nitrogens with zero attached hydrogens (tertiary/aromatic N) is 2. The number of benzene rings is 1. The fourth-order valence-corrected chi connectivity index (χ4v) is 5.31. The lowest BCUT2D eigenvalue weighted by atomic mass is 9.96. The van der Waals surface area contributed by atoms with Gasteiger partial charge in [0.1, 0.15) is 0 Å². The van der Waals surface area contributed by atoms with Crippen molar-refractivity contribution in [2.75, 3.05) is 33.2 Å². The van der Waals surface area contributed by atoms with Crippen molar-refractivity contribution in [1.29, 1.82) is 0 Å². The Morgan fingerprint density at radius 1 is 1.16 bits per heavy atom. The smallest absolute Gasteiger partial charge is 0.243 e. The molecule has 1 amide bonds.